The molecule has 2 aromatic rings. The molecule has 180 valence electrons. The zero-order chi connectivity index (χ0) is 24.6. The summed E-state index contributed by atoms with van der Waals surface area (Å²) in [5.74, 6) is 0.180. The van der Waals surface area contributed by atoms with E-state index < -0.39 is 6.04 Å². The average Bonchev–Trinajstić information content (AvgIpc) is 2.77. The van der Waals surface area contributed by atoms with Crippen LogP contribution < -0.4 is 10.1 Å². The lowest BCUT2D eigenvalue weighted by Gasteiger charge is -2.30. The van der Waals surface area contributed by atoms with Gasteiger partial charge in [0.25, 0.3) is 5.91 Å². The lowest BCUT2D eigenvalue weighted by Crippen LogP contribution is -2.50. The maximum atomic E-state index is 13.3. The Morgan fingerprint density at radius 1 is 1.12 bits per heavy atom. The maximum absolute atomic E-state index is 13.3. The van der Waals surface area contributed by atoms with Gasteiger partial charge in [0.2, 0.25) is 5.91 Å². The Morgan fingerprint density at radius 2 is 1.79 bits per heavy atom. The van der Waals surface area contributed by atoms with E-state index in [4.69, 9.17) is 16.3 Å². The molecule has 0 aliphatic heterocycles. The van der Waals surface area contributed by atoms with Crippen molar-refractivity contribution < 1.29 is 14.3 Å². The summed E-state index contributed by atoms with van der Waals surface area (Å²) in [6.45, 7) is 11.0. The highest BCUT2D eigenvalue weighted by atomic mass is 79.9. The number of carbonyl (C=O) groups excluding carboxylic acids is 2. The van der Waals surface area contributed by atoms with Gasteiger partial charge in [0, 0.05) is 18.1 Å². The van der Waals surface area contributed by atoms with Gasteiger partial charge < -0.3 is 15.0 Å². The van der Waals surface area contributed by atoms with Crippen molar-refractivity contribution in [1.29, 1.82) is 0 Å². The molecule has 0 fully saturated rings. The number of carbonyl (C=O) groups is 2. The molecular weight excluding hydrogens is 504 g/mol. The fraction of sp³-hybridized carbons (Fsp3) is 0.462. The van der Waals surface area contributed by atoms with E-state index in [0.717, 1.165) is 22.0 Å². The van der Waals surface area contributed by atoms with E-state index in [0.29, 0.717) is 30.3 Å². The van der Waals surface area contributed by atoms with Gasteiger partial charge in [-0.05, 0) is 69.6 Å². The van der Waals surface area contributed by atoms with Crippen LogP contribution in [0.4, 0.5) is 0 Å². The Hall–Kier alpha value is -2.05. The molecule has 2 aromatic carbocycles. The molecular formula is C26H34BrClN2O3. The highest BCUT2D eigenvalue weighted by Gasteiger charge is 2.29. The predicted molar refractivity (Wildman–Crippen MR) is 138 cm³/mol. The first-order chi connectivity index (χ1) is 15.6. The number of ether oxygens (including phenoxy) is 1. The Bertz CT molecular complexity index is 942. The van der Waals surface area contributed by atoms with Crippen LogP contribution in [0.1, 0.15) is 58.6 Å². The van der Waals surface area contributed by atoms with Crippen molar-refractivity contribution in [3.8, 4) is 5.75 Å². The largest absolute Gasteiger partial charge is 0.483 e. The smallest absolute Gasteiger partial charge is 0.261 e. The van der Waals surface area contributed by atoms with Crippen LogP contribution >= 0.6 is 27.5 Å². The van der Waals surface area contributed by atoms with Gasteiger partial charge in [-0.15, -0.1) is 0 Å². The third-order valence-corrected chi connectivity index (χ3v) is 6.22. The predicted octanol–water partition coefficient (Wildman–Crippen LogP) is 6.11. The monoisotopic (exact) mass is 536 g/mol. The molecule has 2 rings (SSSR count). The number of rotatable bonds is 10. The molecule has 0 aromatic heterocycles. The third-order valence-electron chi connectivity index (χ3n) is 5.35. The number of nitrogens with zero attached hydrogens (tertiary/aromatic N) is 1. The van der Waals surface area contributed by atoms with Crippen molar-refractivity contribution in [2.75, 3.05) is 13.2 Å². The molecule has 0 unspecified atom stereocenters. The van der Waals surface area contributed by atoms with Crippen molar-refractivity contribution in [3.63, 3.8) is 0 Å². The molecule has 0 spiro atoms. The minimum Gasteiger partial charge on any atom is -0.483 e. The van der Waals surface area contributed by atoms with E-state index in [1.54, 1.807) is 17.0 Å². The second-order valence-electron chi connectivity index (χ2n) is 9.05. The fourth-order valence-corrected chi connectivity index (χ4v) is 4.00. The van der Waals surface area contributed by atoms with Crippen LogP contribution in [0.5, 0.6) is 5.75 Å². The summed E-state index contributed by atoms with van der Waals surface area (Å²) in [4.78, 5) is 27.7. The number of halogens is 2. The topological polar surface area (TPSA) is 58.6 Å². The first-order valence-corrected chi connectivity index (χ1v) is 12.5. The summed E-state index contributed by atoms with van der Waals surface area (Å²) < 4.78 is 6.66. The average molecular weight is 538 g/mol. The van der Waals surface area contributed by atoms with Crippen LogP contribution in [-0.2, 0) is 21.5 Å². The van der Waals surface area contributed by atoms with Gasteiger partial charge in [-0.1, -0.05) is 64.4 Å². The normalized spacial score (nSPS) is 12.2. The molecule has 5 nitrogen and oxygen atoms in total. The summed E-state index contributed by atoms with van der Waals surface area (Å²) in [7, 11) is 0. The third kappa shape index (κ3) is 8.04. The second kappa shape index (κ2) is 12.4. The summed E-state index contributed by atoms with van der Waals surface area (Å²) in [5, 5.41) is 3.54. The Kier molecular flexibility index (Phi) is 10.2. The molecule has 0 aliphatic rings. The summed E-state index contributed by atoms with van der Waals surface area (Å²) in [5.41, 5.74) is 2.06. The number of hydrogen-bond acceptors (Lipinski definition) is 3. The van der Waals surface area contributed by atoms with Crippen molar-refractivity contribution in [3.05, 3.63) is 63.1 Å². The summed E-state index contributed by atoms with van der Waals surface area (Å²) in [6.07, 6.45) is 1.33. The Morgan fingerprint density at radius 3 is 2.33 bits per heavy atom. The summed E-state index contributed by atoms with van der Waals surface area (Å²) in [6, 6.07) is 12.6. The highest BCUT2D eigenvalue weighted by molar-refractivity contribution is 9.10. The molecule has 33 heavy (non-hydrogen) atoms. The lowest BCUT2D eigenvalue weighted by atomic mass is 9.87. The molecule has 0 bridgehead atoms. The van der Waals surface area contributed by atoms with Crippen LogP contribution in [0, 0.1) is 0 Å². The number of hydrogen-bond donors (Lipinski definition) is 1. The first kappa shape index (κ1) is 27.2. The number of amides is 2. The van der Waals surface area contributed by atoms with Gasteiger partial charge in [-0.2, -0.15) is 0 Å². The molecule has 0 radical (unpaired) electrons. The SMILES string of the molecule is CCCNC(=O)[C@H](CC)N(Cc1ccc(Cl)cc1)C(=O)COc1ccc(C(C)(C)C)cc1Br. The number of benzene rings is 2. The van der Waals surface area contributed by atoms with E-state index in [2.05, 4.69) is 42.0 Å². The molecule has 2 amide bonds. The van der Waals surface area contributed by atoms with E-state index >= 15 is 0 Å². The molecule has 1 N–H and O–H groups in total. The van der Waals surface area contributed by atoms with Crippen molar-refractivity contribution in [1.82, 2.24) is 10.2 Å². The van der Waals surface area contributed by atoms with Crippen LogP contribution in [-0.4, -0.2) is 35.9 Å². The van der Waals surface area contributed by atoms with Gasteiger partial charge in [0.05, 0.1) is 4.47 Å². The van der Waals surface area contributed by atoms with Crippen LogP contribution in [0.2, 0.25) is 5.02 Å². The molecule has 1 atom stereocenters. The van der Waals surface area contributed by atoms with Gasteiger partial charge >= 0.3 is 0 Å². The Labute approximate surface area is 211 Å². The van der Waals surface area contributed by atoms with Crippen LogP contribution in [0.3, 0.4) is 0 Å². The minimum atomic E-state index is -0.588. The standard InChI is InChI=1S/C26H34BrClN2O3/c1-6-14-29-25(32)22(7-2)30(16-18-8-11-20(28)12-9-18)24(31)17-33-23-13-10-19(15-21(23)27)26(3,4)5/h8-13,15,22H,6-7,14,16-17H2,1-5H3,(H,29,32)/t22-/m0/s1. The zero-order valence-electron chi connectivity index (χ0n) is 20.1. The number of nitrogens with one attached hydrogen (secondary N) is 1. The first-order valence-electron chi connectivity index (χ1n) is 11.3. The van der Waals surface area contributed by atoms with E-state index in [1.165, 1.54) is 0 Å². The van der Waals surface area contributed by atoms with Crippen molar-refractivity contribution >= 4 is 39.3 Å². The highest BCUT2D eigenvalue weighted by Crippen LogP contribution is 2.31. The molecule has 0 heterocycles. The van der Waals surface area contributed by atoms with E-state index in [-0.39, 0.29) is 23.8 Å². The second-order valence-corrected chi connectivity index (χ2v) is 10.3. The van der Waals surface area contributed by atoms with Crippen LogP contribution in [0.15, 0.2) is 46.9 Å². The van der Waals surface area contributed by atoms with Crippen molar-refractivity contribution in [2.24, 2.45) is 0 Å². The van der Waals surface area contributed by atoms with Gasteiger partial charge in [-0.3, -0.25) is 9.59 Å². The maximum Gasteiger partial charge on any atom is 0.261 e. The van der Waals surface area contributed by atoms with Gasteiger partial charge in [0.1, 0.15) is 11.8 Å². The van der Waals surface area contributed by atoms with Gasteiger partial charge in [-0.25, -0.2) is 0 Å². The van der Waals surface area contributed by atoms with E-state index in [9.17, 15) is 9.59 Å². The van der Waals surface area contributed by atoms with Gasteiger partial charge in [0.15, 0.2) is 6.61 Å². The fourth-order valence-electron chi connectivity index (χ4n) is 3.38. The Balaban J connectivity index is 2.21. The summed E-state index contributed by atoms with van der Waals surface area (Å²) >= 11 is 9.57. The molecule has 0 saturated carbocycles. The molecule has 0 aliphatic carbocycles. The molecule has 0 saturated heterocycles. The molecule has 7 heteroatoms. The lowest BCUT2D eigenvalue weighted by molar-refractivity contribution is -0.143. The van der Waals surface area contributed by atoms with E-state index in [1.807, 2.05) is 44.2 Å². The van der Waals surface area contributed by atoms with Crippen LogP contribution in [0.25, 0.3) is 0 Å². The zero-order valence-corrected chi connectivity index (χ0v) is 22.4. The quantitative estimate of drug-likeness (QED) is 0.398. The van der Waals surface area contributed by atoms with Crippen molar-refractivity contribution in [2.45, 2.75) is 65.5 Å². The minimum absolute atomic E-state index is 0.00640.